The number of hydrogen-bond donors (Lipinski definition) is 0. The van der Waals surface area contributed by atoms with E-state index in [1.165, 1.54) is 49.9 Å². The average Bonchev–Trinajstić information content (AvgIpc) is 3.83. The van der Waals surface area contributed by atoms with Crippen molar-refractivity contribution in [2.75, 3.05) is 4.90 Å². The quantitative estimate of drug-likeness (QED) is 0.133. The molecule has 296 valence electrons. The number of allylic oxidation sites excluding steroid dienone is 9. The molecule has 0 saturated carbocycles. The van der Waals surface area contributed by atoms with Crippen LogP contribution >= 0.6 is 0 Å². The fraction of sp³-hybridized carbons (Fsp3) is 0.123. The van der Waals surface area contributed by atoms with Gasteiger partial charge in [-0.1, -0.05) is 110 Å². The number of benzene rings is 4. The van der Waals surface area contributed by atoms with E-state index in [2.05, 4.69) is 221 Å². The van der Waals surface area contributed by atoms with Gasteiger partial charge in [0.05, 0.1) is 39.7 Å². The number of terminal acetylenes is 1. The monoisotopic (exact) mass is 788 g/mol. The first-order chi connectivity index (χ1) is 30.1. The largest absolute Gasteiger partial charge is 0.336 e. The molecule has 0 radical (unpaired) electrons. The van der Waals surface area contributed by atoms with Crippen molar-refractivity contribution in [1.82, 2.24) is 13.7 Å². The lowest BCUT2D eigenvalue weighted by Crippen LogP contribution is -2.20. The van der Waals surface area contributed by atoms with Crippen LogP contribution in [0, 0.1) is 12.3 Å². The predicted molar refractivity (Wildman–Crippen MR) is 261 cm³/mol. The van der Waals surface area contributed by atoms with E-state index in [4.69, 9.17) is 6.42 Å². The van der Waals surface area contributed by atoms with Crippen LogP contribution in [0.2, 0.25) is 0 Å². The number of rotatable bonds is 9. The van der Waals surface area contributed by atoms with E-state index in [0.29, 0.717) is 0 Å². The Morgan fingerprint density at radius 1 is 0.738 bits per heavy atom. The van der Waals surface area contributed by atoms with Crippen LogP contribution in [0.3, 0.4) is 0 Å². The maximum absolute atomic E-state index is 6.17. The normalized spacial score (nSPS) is 15.7. The van der Waals surface area contributed by atoms with Gasteiger partial charge in [-0.25, -0.2) is 0 Å². The van der Waals surface area contributed by atoms with Gasteiger partial charge < -0.3 is 18.6 Å². The number of fused-ring (bicyclic) bond motifs is 5. The fourth-order valence-corrected chi connectivity index (χ4v) is 9.80. The molecule has 0 aliphatic heterocycles. The fourth-order valence-electron chi connectivity index (χ4n) is 9.80. The minimum Gasteiger partial charge on any atom is -0.336 e. The highest BCUT2D eigenvalue weighted by molar-refractivity contribution is 6.09. The van der Waals surface area contributed by atoms with E-state index < -0.39 is 0 Å². The van der Waals surface area contributed by atoms with Gasteiger partial charge in [0.25, 0.3) is 0 Å². The van der Waals surface area contributed by atoms with Crippen LogP contribution in [-0.2, 0) is 12.8 Å². The Kier molecular flexibility index (Phi) is 9.87. The lowest BCUT2D eigenvalue weighted by molar-refractivity contribution is 0.574. The maximum atomic E-state index is 6.17. The molecule has 3 heterocycles. The summed E-state index contributed by atoms with van der Waals surface area (Å²) in [6.45, 7) is 8.37. The molecule has 0 saturated heterocycles. The van der Waals surface area contributed by atoms with Crippen LogP contribution in [0.1, 0.15) is 77.8 Å². The summed E-state index contributed by atoms with van der Waals surface area (Å²) >= 11 is 0. The molecule has 0 fully saturated rings. The summed E-state index contributed by atoms with van der Waals surface area (Å²) in [5, 5.41) is 2.51. The van der Waals surface area contributed by atoms with Crippen molar-refractivity contribution in [3.8, 4) is 23.7 Å². The molecule has 1 unspecified atom stereocenters. The van der Waals surface area contributed by atoms with Gasteiger partial charge >= 0.3 is 0 Å². The summed E-state index contributed by atoms with van der Waals surface area (Å²) in [5.74, 6) is 3.03. The van der Waals surface area contributed by atoms with Crippen molar-refractivity contribution in [2.24, 2.45) is 0 Å². The molecule has 7 aromatic rings. The molecule has 1 atom stereocenters. The number of anilines is 2. The molecule has 4 nitrogen and oxygen atoms in total. The molecule has 3 aliphatic carbocycles. The summed E-state index contributed by atoms with van der Waals surface area (Å²) in [6.07, 6.45) is 40.7. The highest BCUT2D eigenvalue weighted by Gasteiger charge is 2.27. The highest BCUT2D eigenvalue weighted by atomic mass is 15.2. The summed E-state index contributed by atoms with van der Waals surface area (Å²) in [7, 11) is 0. The number of para-hydroxylation sites is 2. The standard InChI is InChI=1S/C57H48N4/c1-5-18-52-46(7-3)48-20-10-9-11-24-54(48)59(52)43-34-28-40(29-35-43)58(41-30-36-44(37-31-41)60-53(19-6-2)47(8-4)49-21-12-15-25-55(49)60)42-32-38-45(39-33-42)61-56-26-16-13-22-50(56)51-23-14-17-27-57(51)61/h4-7,9-14,16-19,21-24,26-36,38-39,44H,3,15,20,25,37H2,1-2H3/b18-5-,19-6-. The summed E-state index contributed by atoms with van der Waals surface area (Å²) in [5.41, 5.74) is 17.4. The molecular formula is C57H48N4. The smallest absolute Gasteiger partial charge is 0.0576 e. The zero-order chi connectivity index (χ0) is 41.5. The first-order valence-corrected chi connectivity index (χ1v) is 21.4. The first kappa shape index (κ1) is 37.8. The summed E-state index contributed by atoms with van der Waals surface area (Å²) in [4.78, 5) is 2.39. The molecule has 4 aromatic carbocycles. The van der Waals surface area contributed by atoms with E-state index in [1.807, 2.05) is 6.08 Å². The van der Waals surface area contributed by atoms with Crippen LogP contribution in [0.15, 0.2) is 164 Å². The van der Waals surface area contributed by atoms with E-state index in [0.717, 1.165) is 71.1 Å². The minimum absolute atomic E-state index is 0.148. The van der Waals surface area contributed by atoms with E-state index in [-0.39, 0.29) is 6.04 Å². The molecule has 61 heavy (non-hydrogen) atoms. The van der Waals surface area contributed by atoms with Crippen molar-refractivity contribution in [3.05, 3.63) is 209 Å². The second-order valence-electron chi connectivity index (χ2n) is 15.8. The van der Waals surface area contributed by atoms with Crippen molar-refractivity contribution >= 4 is 63.6 Å². The molecule has 3 aliphatic rings. The Hall–Kier alpha value is -7.48. The molecule has 3 aromatic heterocycles. The van der Waals surface area contributed by atoms with Crippen LogP contribution < -0.4 is 4.90 Å². The first-order valence-electron chi connectivity index (χ1n) is 21.4. The Morgan fingerprint density at radius 2 is 1.39 bits per heavy atom. The molecule has 4 heteroatoms. The molecule has 0 amide bonds. The van der Waals surface area contributed by atoms with Gasteiger partial charge in [-0.05, 0) is 130 Å². The lowest BCUT2D eigenvalue weighted by Gasteiger charge is -2.30. The third-order valence-corrected chi connectivity index (χ3v) is 12.4. The van der Waals surface area contributed by atoms with E-state index in [1.54, 1.807) is 0 Å². The number of aromatic nitrogens is 3. The van der Waals surface area contributed by atoms with Crippen LogP contribution in [0.4, 0.5) is 11.4 Å². The van der Waals surface area contributed by atoms with Crippen LogP contribution in [-0.4, -0.2) is 13.7 Å². The van der Waals surface area contributed by atoms with E-state index >= 15 is 0 Å². The zero-order valence-electron chi connectivity index (χ0n) is 34.8. The highest BCUT2D eigenvalue weighted by Crippen LogP contribution is 2.40. The lowest BCUT2D eigenvalue weighted by atomic mass is 10.0. The van der Waals surface area contributed by atoms with Gasteiger partial charge in [-0.2, -0.15) is 0 Å². The van der Waals surface area contributed by atoms with Crippen molar-refractivity contribution in [3.63, 3.8) is 0 Å². The maximum Gasteiger partial charge on any atom is 0.0576 e. The minimum atomic E-state index is 0.148. The third-order valence-electron chi connectivity index (χ3n) is 12.4. The number of hydrogen-bond acceptors (Lipinski definition) is 1. The van der Waals surface area contributed by atoms with E-state index in [9.17, 15) is 0 Å². The van der Waals surface area contributed by atoms with Crippen LogP contribution in [0.25, 0.3) is 63.6 Å². The Balaban J connectivity index is 1.07. The van der Waals surface area contributed by atoms with Gasteiger partial charge in [0, 0.05) is 56.0 Å². The number of nitrogens with zero attached hydrogens (tertiary/aromatic N) is 4. The van der Waals surface area contributed by atoms with Crippen LogP contribution in [0.5, 0.6) is 0 Å². The molecule has 0 spiro atoms. The summed E-state index contributed by atoms with van der Waals surface area (Å²) in [6, 6.07) is 35.6. The SMILES string of the molecule is C#Cc1c2c(n(C3C=CC(N(c4ccc(-n5c6c(c(C=C)c5/C=C\C)CC=CC=C6)cc4)c4ccc(-n5c6ccccc6c6ccccc65)cc4)=CC3)c1/C=C\C)CCC=C2. The molecular weight excluding hydrogens is 741 g/mol. The summed E-state index contributed by atoms with van der Waals surface area (Å²) < 4.78 is 7.23. The Morgan fingerprint density at radius 3 is 2.02 bits per heavy atom. The van der Waals surface area contributed by atoms with Crippen molar-refractivity contribution in [1.29, 1.82) is 0 Å². The second kappa shape index (κ2) is 15.9. The van der Waals surface area contributed by atoms with Gasteiger partial charge in [-0.3, -0.25) is 0 Å². The Bertz CT molecular complexity index is 3060. The Labute approximate surface area is 359 Å². The average molecular weight is 789 g/mol. The van der Waals surface area contributed by atoms with Gasteiger partial charge in [-0.15, -0.1) is 6.42 Å². The molecule has 0 bridgehead atoms. The van der Waals surface area contributed by atoms with Gasteiger partial charge in [0.2, 0.25) is 0 Å². The topological polar surface area (TPSA) is 18.0 Å². The third kappa shape index (κ3) is 6.33. The van der Waals surface area contributed by atoms with Crippen molar-refractivity contribution < 1.29 is 0 Å². The second-order valence-corrected chi connectivity index (χ2v) is 15.8. The predicted octanol–water partition coefficient (Wildman–Crippen LogP) is 14.4. The van der Waals surface area contributed by atoms with Crippen molar-refractivity contribution in [2.45, 2.75) is 45.6 Å². The molecule has 0 N–H and O–H groups in total. The van der Waals surface area contributed by atoms with Gasteiger partial charge in [0.1, 0.15) is 0 Å². The zero-order valence-corrected chi connectivity index (χ0v) is 34.8. The van der Waals surface area contributed by atoms with Gasteiger partial charge in [0.15, 0.2) is 0 Å². The molecule has 10 rings (SSSR count).